The summed E-state index contributed by atoms with van der Waals surface area (Å²) in [6.07, 6.45) is -4.73. The van der Waals surface area contributed by atoms with Crippen LogP contribution in [0.1, 0.15) is 22.3 Å². The predicted molar refractivity (Wildman–Crippen MR) is 186 cm³/mol. The zero-order valence-corrected chi connectivity index (χ0v) is 25.8. The number of fused-ring (bicyclic) bond motifs is 6. The molecule has 0 aliphatic heterocycles. The average Bonchev–Trinajstić information content (AvgIpc) is 3.65. The number of nitrogens with zero attached hydrogens (tertiary/aromatic N) is 6. The number of nitriles is 3. The SMILES string of the molecule is [C-]#[N+]c1cc(-c2cc(-n3c4ccccc4c4ccc(C#N)cc43)c(-n3c4ccccc4c4ccc(C#N)cc43)cc2C#N)cc(C(F)(F)F)c1. The van der Waals surface area contributed by atoms with Gasteiger partial charge < -0.3 is 9.13 Å². The number of benzene rings is 6. The Bertz CT molecular complexity index is 2920. The van der Waals surface area contributed by atoms with Crippen LogP contribution >= 0.6 is 0 Å². The molecule has 6 nitrogen and oxygen atoms in total. The van der Waals surface area contributed by atoms with Gasteiger partial charge in [0.2, 0.25) is 0 Å². The molecule has 0 atom stereocenters. The van der Waals surface area contributed by atoms with Crippen molar-refractivity contribution in [2.75, 3.05) is 0 Å². The first-order chi connectivity index (χ1) is 24.2. The van der Waals surface area contributed by atoms with Crippen LogP contribution in [0, 0.1) is 40.6 Å². The minimum Gasteiger partial charge on any atom is -0.307 e. The van der Waals surface area contributed by atoms with Crippen molar-refractivity contribution >= 4 is 49.3 Å². The van der Waals surface area contributed by atoms with Gasteiger partial charge in [-0.3, -0.25) is 0 Å². The molecule has 0 fully saturated rings. The highest BCUT2D eigenvalue weighted by atomic mass is 19.4. The molecule has 0 saturated carbocycles. The molecule has 2 heterocycles. The van der Waals surface area contributed by atoms with Gasteiger partial charge in [-0.1, -0.05) is 48.5 Å². The summed E-state index contributed by atoms with van der Waals surface area (Å²) in [5.41, 5.74) is 3.89. The zero-order chi connectivity index (χ0) is 34.7. The second kappa shape index (κ2) is 11.1. The molecule has 0 radical (unpaired) electrons. The number of hydrogen-bond donors (Lipinski definition) is 0. The Balaban J connectivity index is 1.59. The third kappa shape index (κ3) is 4.54. The van der Waals surface area contributed by atoms with E-state index in [4.69, 9.17) is 6.57 Å². The Morgan fingerprint density at radius 1 is 0.560 bits per heavy atom. The van der Waals surface area contributed by atoms with Crippen molar-refractivity contribution in [1.29, 1.82) is 15.8 Å². The van der Waals surface area contributed by atoms with E-state index in [2.05, 4.69) is 23.1 Å². The molecule has 2 aromatic heterocycles. The Labute approximate surface area is 282 Å². The Morgan fingerprint density at radius 3 is 1.58 bits per heavy atom. The van der Waals surface area contributed by atoms with E-state index in [9.17, 15) is 29.0 Å². The summed E-state index contributed by atoms with van der Waals surface area (Å²) in [4.78, 5) is 3.30. The van der Waals surface area contributed by atoms with Crippen molar-refractivity contribution in [2.45, 2.75) is 6.18 Å². The predicted octanol–water partition coefficient (Wildman–Crippen LogP) is 10.7. The van der Waals surface area contributed by atoms with Crippen LogP contribution in [0.15, 0.2) is 115 Å². The molecule has 9 heteroatoms. The van der Waals surface area contributed by atoms with Crippen LogP contribution in [-0.4, -0.2) is 9.13 Å². The molecule has 0 saturated heterocycles. The highest BCUT2D eigenvalue weighted by Gasteiger charge is 2.32. The Morgan fingerprint density at radius 2 is 1.08 bits per heavy atom. The van der Waals surface area contributed by atoms with Gasteiger partial charge in [-0.15, -0.1) is 0 Å². The van der Waals surface area contributed by atoms with Crippen molar-refractivity contribution in [3.05, 3.63) is 149 Å². The quantitative estimate of drug-likeness (QED) is 0.178. The molecule has 234 valence electrons. The maximum Gasteiger partial charge on any atom is 0.415 e. The monoisotopic (exact) mass is 652 g/mol. The van der Waals surface area contributed by atoms with E-state index in [1.165, 1.54) is 6.07 Å². The fraction of sp³-hybridized carbons (Fsp3) is 0.0244. The summed E-state index contributed by atoms with van der Waals surface area (Å²) in [6, 6.07) is 39.1. The van der Waals surface area contributed by atoms with Crippen LogP contribution in [0.5, 0.6) is 0 Å². The second-order valence-corrected chi connectivity index (χ2v) is 11.8. The number of halogens is 3. The molecule has 0 spiro atoms. The largest absolute Gasteiger partial charge is 0.415 e. The first-order valence-corrected chi connectivity index (χ1v) is 15.3. The summed E-state index contributed by atoms with van der Waals surface area (Å²) in [5, 5.41) is 33.8. The fourth-order valence-electron chi connectivity index (χ4n) is 6.86. The molecule has 0 unspecified atom stereocenters. The Hall–Kier alpha value is -7.33. The number of hydrogen-bond acceptors (Lipinski definition) is 3. The third-order valence-electron chi connectivity index (χ3n) is 9.01. The molecule has 6 aromatic carbocycles. The first-order valence-electron chi connectivity index (χ1n) is 15.3. The van der Waals surface area contributed by atoms with Crippen molar-refractivity contribution in [3.63, 3.8) is 0 Å². The average molecular weight is 653 g/mol. The summed E-state index contributed by atoms with van der Waals surface area (Å²) >= 11 is 0. The van der Waals surface area contributed by atoms with E-state index in [0.717, 1.165) is 44.7 Å². The smallest absolute Gasteiger partial charge is 0.307 e. The molecule has 0 aliphatic carbocycles. The summed E-state index contributed by atoms with van der Waals surface area (Å²) in [5.74, 6) is 0. The van der Waals surface area contributed by atoms with Gasteiger partial charge in [0, 0.05) is 32.7 Å². The van der Waals surface area contributed by atoms with Crippen LogP contribution in [0.2, 0.25) is 0 Å². The second-order valence-electron chi connectivity index (χ2n) is 11.8. The van der Waals surface area contributed by atoms with E-state index in [1.807, 2.05) is 69.8 Å². The van der Waals surface area contributed by atoms with E-state index < -0.39 is 11.7 Å². The standard InChI is InChI=1S/C41H19F3N6/c1-48-29-17-26(16-28(19-29)41(42,43)44)34-20-40(50-36-9-5-3-7-31(36)33-13-11-25(22-46)15-38(33)50)39(18-27(34)23-47)49-35-8-4-2-6-30(35)32-12-10-24(21-45)14-37(32)49/h2-20H. The summed E-state index contributed by atoms with van der Waals surface area (Å²) < 4.78 is 46.2. The number of rotatable bonds is 3. The van der Waals surface area contributed by atoms with Gasteiger partial charge in [0.25, 0.3) is 0 Å². The van der Waals surface area contributed by atoms with Crippen molar-refractivity contribution in [1.82, 2.24) is 9.13 Å². The lowest BCUT2D eigenvalue weighted by Crippen LogP contribution is -2.07. The fourth-order valence-corrected chi connectivity index (χ4v) is 6.86. The van der Waals surface area contributed by atoms with Crippen LogP contribution in [0.3, 0.4) is 0 Å². The van der Waals surface area contributed by atoms with E-state index in [-0.39, 0.29) is 22.4 Å². The molecule has 8 rings (SSSR count). The molecule has 0 aliphatic rings. The van der Waals surface area contributed by atoms with Crippen LogP contribution in [-0.2, 0) is 6.18 Å². The van der Waals surface area contributed by atoms with Crippen LogP contribution in [0.25, 0.3) is 71.0 Å². The number of alkyl halides is 3. The highest BCUT2D eigenvalue weighted by molar-refractivity contribution is 6.12. The molecule has 50 heavy (non-hydrogen) atoms. The highest BCUT2D eigenvalue weighted by Crippen LogP contribution is 2.43. The zero-order valence-electron chi connectivity index (χ0n) is 25.8. The third-order valence-corrected chi connectivity index (χ3v) is 9.01. The first kappa shape index (κ1) is 30.0. The van der Waals surface area contributed by atoms with Gasteiger partial charge >= 0.3 is 6.18 Å². The van der Waals surface area contributed by atoms with Gasteiger partial charge in [-0.2, -0.15) is 29.0 Å². The van der Waals surface area contributed by atoms with Crippen molar-refractivity contribution in [3.8, 4) is 40.7 Å². The number of para-hydroxylation sites is 2. The maximum atomic E-state index is 14.1. The van der Waals surface area contributed by atoms with Gasteiger partial charge in [-0.25, -0.2) is 4.85 Å². The summed E-state index contributed by atoms with van der Waals surface area (Å²) in [6.45, 7) is 7.53. The molecule has 0 bridgehead atoms. The lowest BCUT2D eigenvalue weighted by Gasteiger charge is -2.20. The molecular formula is C41H19F3N6. The summed E-state index contributed by atoms with van der Waals surface area (Å²) in [7, 11) is 0. The van der Waals surface area contributed by atoms with E-state index in [0.29, 0.717) is 33.5 Å². The molecular weight excluding hydrogens is 633 g/mol. The van der Waals surface area contributed by atoms with Gasteiger partial charge in [-0.05, 0) is 72.3 Å². The topological polar surface area (TPSA) is 85.6 Å². The lowest BCUT2D eigenvalue weighted by atomic mass is 9.96. The van der Waals surface area contributed by atoms with Crippen LogP contribution in [0.4, 0.5) is 18.9 Å². The van der Waals surface area contributed by atoms with E-state index >= 15 is 0 Å². The molecule has 8 aromatic rings. The Kier molecular flexibility index (Phi) is 6.69. The molecule has 0 N–H and O–H groups in total. The number of aromatic nitrogens is 2. The van der Waals surface area contributed by atoms with Gasteiger partial charge in [0.05, 0.1) is 74.9 Å². The minimum atomic E-state index is -4.73. The van der Waals surface area contributed by atoms with Crippen molar-refractivity contribution < 1.29 is 13.2 Å². The maximum absolute atomic E-state index is 14.1. The van der Waals surface area contributed by atoms with Gasteiger partial charge in [0.1, 0.15) is 0 Å². The molecule has 0 amide bonds. The minimum absolute atomic E-state index is 0.0580. The van der Waals surface area contributed by atoms with Crippen LogP contribution < -0.4 is 0 Å². The normalized spacial score (nSPS) is 11.4. The van der Waals surface area contributed by atoms with Crippen molar-refractivity contribution in [2.24, 2.45) is 0 Å². The lowest BCUT2D eigenvalue weighted by molar-refractivity contribution is -0.137. The van der Waals surface area contributed by atoms with E-state index in [1.54, 1.807) is 36.4 Å². The van der Waals surface area contributed by atoms with Gasteiger partial charge in [0.15, 0.2) is 5.69 Å².